The molecule has 0 aromatic heterocycles. The lowest BCUT2D eigenvalue weighted by Crippen LogP contribution is -2.10. The first kappa shape index (κ1) is 17.1. The zero-order chi connectivity index (χ0) is 17.6. The second kappa shape index (κ2) is 5.96. The molecule has 3 rings (SSSR count). The normalized spacial score (nSPS) is 13.0. The minimum atomic E-state index is -4.65. The summed E-state index contributed by atoms with van der Waals surface area (Å²) in [6.07, 6.45) is -3.97. The van der Waals surface area contributed by atoms with E-state index in [1.54, 1.807) is 6.07 Å². The molecule has 1 heterocycles. The standard InChI is InChI=1S/C15H10BrF3N2O2S/c1-2-7-3-9(16)6-12-13(7)20-14-10(21(22)23)4-8(15(17,18)19)5-11(14)24-12/h3-6,20H,2H2,1H3. The molecule has 24 heavy (non-hydrogen) atoms. The van der Waals surface area contributed by atoms with Crippen molar-refractivity contribution in [2.24, 2.45) is 0 Å². The van der Waals surface area contributed by atoms with Crippen molar-refractivity contribution in [1.82, 2.24) is 0 Å². The van der Waals surface area contributed by atoms with Crippen LogP contribution in [0.2, 0.25) is 0 Å². The molecule has 0 spiro atoms. The number of fused-ring (bicyclic) bond motifs is 2. The molecule has 0 unspecified atom stereocenters. The van der Waals surface area contributed by atoms with Crippen LogP contribution in [-0.2, 0) is 12.6 Å². The van der Waals surface area contributed by atoms with Gasteiger partial charge in [-0.25, -0.2) is 0 Å². The van der Waals surface area contributed by atoms with Crippen molar-refractivity contribution < 1.29 is 18.1 Å². The van der Waals surface area contributed by atoms with Crippen LogP contribution in [0.1, 0.15) is 18.1 Å². The number of rotatable bonds is 2. The number of alkyl halides is 3. The zero-order valence-corrected chi connectivity index (χ0v) is 14.6. The zero-order valence-electron chi connectivity index (χ0n) is 12.2. The van der Waals surface area contributed by atoms with Gasteiger partial charge in [0.15, 0.2) is 0 Å². The van der Waals surface area contributed by atoms with Gasteiger partial charge in [0.05, 0.1) is 16.2 Å². The van der Waals surface area contributed by atoms with E-state index in [1.165, 1.54) is 0 Å². The van der Waals surface area contributed by atoms with Crippen molar-refractivity contribution in [3.63, 3.8) is 0 Å². The predicted molar refractivity (Wildman–Crippen MR) is 89.0 cm³/mol. The van der Waals surface area contributed by atoms with Crippen LogP contribution >= 0.6 is 27.7 Å². The van der Waals surface area contributed by atoms with Gasteiger partial charge in [-0.3, -0.25) is 10.1 Å². The topological polar surface area (TPSA) is 55.2 Å². The molecule has 0 amide bonds. The molecule has 0 fully saturated rings. The minimum Gasteiger partial charge on any atom is -0.348 e. The molecule has 0 radical (unpaired) electrons. The summed E-state index contributed by atoms with van der Waals surface area (Å²) in [7, 11) is 0. The average Bonchev–Trinajstić information content (AvgIpc) is 2.49. The summed E-state index contributed by atoms with van der Waals surface area (Å²) in [5.74, 6) is 0. The predicted octanol–water partition coefficient (Wildman–Crippen LogP) is 6.15. The first-order valence-electron chi connectivity index (χ1n) is 6.87. The lowest BCUT2D eigenvalue weighted by Gasteiger charge is -2.24. The van der Waals surface area contributed by atoms with Gasteiger partial charge in [0, 0.05) is 20.3 Å². The summed E-state index contributed by atoms with van der Waals surface area (Å²) in [6, 6.07) is 5.17. The molecule has 0 saturated heterocycles. The maximum absolute atomic E-state index is 13.0. The Morgan fingerprint density at radius 2 is 1.88 bits per heavy atom. The Hall–Kier alpha value is -1.74. The summed E-state index contributed by atoms with van der Waals surface area (Å²) in [5, 5.41) is 14.2. The molecule has 126 valence electrons. The summed E-state index contributed by atoms with van der Waals surface area (Å²) in [4.78, 5) is 11.4. The molecular formula is C15H10BrF3N2O2S. The highest BCUT2D eigenvalue weighted by Crippen LogP contribution is 2.51. The fraction of sp³-hybridized carbons (Fsp3) is 0.200. The number of nitrogens with one attached hydrogen (secondary N) is 1. The number of nitro groups is 1. The Bertz CT molecular complexity index is 856. The fourth-order valence-electron chi connectivity index (χ4n) is 2.50. The number of nitrogens with zero attached hydrogens (tertiary/aromatic N) is 1. The second-order valence-corrected chi connectivity index (χ2v) is 7.14. The van der Waals surface area contributed by atoms with Gasteiger partial charge in [0.25, 0.3) is 5.69 Å². The molecule has 1 N–H and O–H groups in total. The van der Waals surface area contributed by atoms with Crippen molar-refractivity contribution in [3.8, 4) is 0 Å². The third-order valence-corrected chi connectivity index (χ3v) is 5.15. The van der Waals surface area contributed by atoms with Gasteiger partial charge >= 0.3 is 6.18 Å². The van der Waals surface area contributed by atoms with Gasteiger partial charge in [0.2, 0.25) is 0 Å². The number of halogens is 4. The third kappa shape index (κ3) is 2.98. The molecule has 4 nitrogen and oxygen atoms in total. The average molecular weight is 419 g/mol. The first-order valence-corrected chi connectivity index (χ1v) is 8.48. The van der Waals surface area contributed by atoms with E-state index in [2.05, 4.69) is 21.2 Å². The quantitative estimate of drug-likeness (QED) is 0.400. The van der Waals surface area contributed by atoms with Crippen LogP contribution in [0.25, 0.3) is 0 Å². The summed E-state index contributed by atoms with van der Waals surface area (Å²) >= 11 is 4.47. The molecule has 1 aliphatic rings. The van der Waals surface area contributed by atoms with Crippen molar-refractivity contribution >= 4 is 44.8 Å². The Morgan fingerprint density at radius 1 is 1.21 bits per heavy atom. The Morgan fingerprint density at radius 3 is 2.46 bits per heavy atom. The van der Waals surface area contributed by atoms with E-state index in [0.29, 0.717) is 18.2 Å². The Balaban J connectivity index is 2.21. The highest BCUT2D eigenvalue weighted by atomic mass is 79.9. The van der Waals surface area contributed by atoms with Crippen molar-refractivity contribution in [1.29, 1.82) is 0 Å². The maximum Gasteiger partial charge on any atom is 0.416 e. The smallest absolute Gasteiger partial charge is 0.348 e. The number of anilines is 2. The van der Waals surface area contributed by atoms with E-state index >= 15 is 0 Å². The van der Waals surface area contributed by atoms with Crippen LogP contribution in [0.5, 0.6) is 0 Å². The van der Waals surface area contributed by atoms with E-state index in [-0.39, 0.29) is 10.6 Å². The second-order valence-electron chi connectivity index (χ2n) is 5.14. The number of hydrogen-bond acceptors (Lipinski definition) is 4. The van der Waals surface area contributed by atoms with Gasteiger partial charge in [-0.2, -0.15) is 13.2 Å². The molecule has 0 atom stereocenters. The summed E-state index contributed by atoms with van der Waals surface area (Å²) in [5.41, 5.74) is 0.106. The SMILES string of the molecule is CCc1cc(Br)cc2c1Nc1c(cc(C(F)(F)F)cc1[N+](=O)[O-])S2. The molecule has 0 aliphatic carbocycles. The van der Waals surface area contributed by atoms with Crippen molar-refractivity contribution in [2.45, 2.75) is 29.3 Å². The van der Waals surface area contributed by atoms with Gasteiger partial charge in [-0.1, -0.05) is 34.6 Å². The highest BCUT2D eigenvalue weighted by molar-refractivity contribution is 9.10. The van der Waals surface area contributed by atoms with E-state index in [0.717, 1.165) is 32.8 Å². The molecule has 2 aromatic carbocycles. The van der Waals surface area contributed by atoms with Crippen LogP contribution in [0.15, 0.2) is 38.5 Å². The largest absolute Gasteiger partial charge is 0.416 e. The highest BCUT2D eigenvalue weighted by Gasteiger charge is 2.36. The Kier molecular flexibility index (Phi) is 4.25. The van der Waals surface area contributed by atoms with E-state index in [9.17, 15) is 23.3 Å². The molecule has 1 aliphatic heterocycles. The summed E-state index contributed by atoms with van der Waals surface area (Å²) < 4.78 is 39.9. The van der Waals surface area contributed by atoms with Crippen LogP contribution in [0.4, 0.5) is 30.2 Å². The molecule has 9 heteroatoms. The number of nitro benzene ring substituents is 1. The first-order chi connectivity index (χ1) is 11.2. The molecule has 0 saturated carbocycles. The lowest BCUT2D eigenvalue weighted by atomic mass is 10.1. The van der Waals surface area contributed by atoms with Crippen LogP contribution in [0, 0.1) is 10.1 Å². The van der Waals surface area contributed by atoms with E-state index in [4.69, 9.17) is 0 Å². The number of benzene rings is 2. The van der Waals surface area contributed by atoms with Gasteiger partial charge in [-0.05, 0) is 30.2 Å². The Labute approximate surface area is 147 Å². The summed E-state index contributed by atoms with van der Waals surface area (Å²) in [6.45, 7) is 1.94. The van der Waals surface area contributed by atoms with Crippen LogP contribution < -0.4 is 5.32 Å². The monoisotopic (exact) mass is 418 g/mol. The van der Waals surface area contributed by atoms with E-state index < -0.39 is 22.4 Å². The van der Waals surface area contributed by atoms with Crippen LogP contribution in [0.3, 0.4) is 0 Å². The van der Waals surface area contributed by atoms with E-state index in [1.807, 2.05) is 13.0 Å². The number of hydrogen-bond donors (Lipinski definition) is 1. The maximum atomic E-state index is 13.0. The van der Waals surface area contributed by atoms with Crippen molar-refractivity contribution in [3.05, 3.63) is 50.0 Å². The number of aryl methyl sites for hydroxylation is 1. The van der Waals surface area contributed by atoms with Gasteiger partial charge < -0.3 is 5.32 Å². The van der Waals surface area contributed by atoms with Gasteiger partial charge in [0.1, 0.15) is 5.69 Å². The van der Waals surface area contributed by atoms with Gasteiger partial charge in [-0.15, -0.1) is 0 Å². The third-order valence-electron chi connectivity index (χ3n) is 3.60. The fourth-order valence-corrected chi connectivity index (χ4v) is 4.30. The molecule has 2 aromatic rings. The molecular weight excluding hydrogens is 409 g/mol. The minimum absolute atomic E-state index is 0.0996. The van der Waals surface area contributed by atoms with Crippen LogP contribution in [-0.4, -0.2) is 4.92 Å². The lowest BCUT2D eigenvalue weighted by molar-refractivity contribution is -0.384. The van der Waals surface area contributed by atoms with Crippen molar-refractivity contribution in [2.75, 3.05) is 5.32 Å². The molecule has 0 bridgehead atoms.